The van der Waals surface area contributed by atoms with Gasteiger partial charge in [0.05, 0.1) is 6.42 Å². The molecular formula is C19H21NO3. The lowest BCUT2D eigenvalue weighted by atomic mass is 10.1. The first kappa shape index (κ1) is 16.7. The molecule has 0 radical (unpaired) electrons. The molecule has 0 saturated heterocycles. The lowest BCUT2D eigenvalue weighted by molar-refractivity contribution is -0.147. The molecule has 0 heterocycles. The van der Waals surface area contributed by atoms with E-state index >= 15 is 0 Å². The van der Waals surface area contributed by atoms with Crippen molar-refractivity contribution >= 4 is 11.9 Å². The third-order valence-corrected chi connectivity index (χ3v) is 3.41. The van der Waals surface area contributed by atoms with E-state index < -0.39 is 5.97 Å². The van der Waals surface area contributed by atoms with E-state index in [1.807, 2.05) is 62.4 Å². The minimum atomic E-state index is -0.402. The molecule has 1 amide bonds. The first-order valence-corrected chi connectivity index (χ1v) is 7.56. The molecular weight excluding hydrogens is 290 g/mol. The Balaban J connectivity index is 1.71. The molecule has 0 saturated carbocycles. The van der Waals surface area contributed by atoms with E-state index in [0.717, 1.165) is 16.7 Å². The van der Waals surface area contributed by atoms with Crippen LogP contribution >= 0.6 is 0 Å². The summed E-state index contributed by atoms with van der Waals surface area (Å²) in [6.07, 6.45) is 0.174. The summed E-state index contributed by atoms with van der Waals surface area (Å²) in [5.74, 6) is -0.704. The first-order chi connectivity index (χ1) is 11.0. The van der Waals surface area contributed by atoms with Gasteiger partial charge in [0.25, 0.3) is 5.91 Å². The normalized spacial score (nSPS) is 10.2. The fourth-order valence-corrected chi connectivity index (χ4v) is 2.14. The van der Waals surface area contributed by atoms with Crippen LogP contribution in [0.5, 0.6) is 0 Å². The van der Waals surface area contributed by atoms with Gasteiger partial charge in [0.1, 0.15) is 0 Å². The van der Waals surface area contributed by atoms with Crippen molar-refractivity contribution in [1.29, 1.82) is 0 Å². The highest BCUT2D eigenvalue weighted by Gasteiger charge is 2.08. The van der Waals surface area contributed by atoms with Gasteiger partial charge in [-0.2, -0.15) is 0 Å². The Morgan fingerprint density at radius 2 is 1.70 bits per heavy atom. The number of amides is 1. The molecule has 0 spiro atoms. The molecule has 4 heteroatoms. The monoisotopic (exact) mass is 311 g/mol. The maximum Gasteiger partial charge on any atom is 0.310 e. The average molecular weight is 311 g/mol. The van der Waals surface area contributed by atoms with E-state index in [9.17, 15) is 9.59 Å². The van der Waals surface area contributed by atoms with Crippen molar-refractivity contribution in [3.63, 3.8) is 0 Å². The zero-order chi connectivity index (χ0) is 16.7. The summed E-state index contributed by atoms with van der Waals surface area (Å²) >= 11 is 0. The second-order valence-corrected chi connectivity index (χ2v) is 5.59. The van der Waals surface area contributed by atoms with Crippen molar-refractivity contribution in [3.05, 3.63) is 70.8 Å². The fourth-order valence-electron chi connectivity index (χ4n) is 2.14. The van der Waals surface area contributed by atoms with Crippen LogP contribution in [0.3, 0.4) is 0 Å². The topological polar surface area (TPSA) is 55.4 Å². The van der Waals surface area contributed by atoms with E-state index in [1.165, 1.54) is 5.56 Å². The molecule has 0 aliphatic carbocycles. The Kier molecular flexibility index (Phi) is 5.92. The highest BCUT2D eigenvalue weighted by atomic mass is 16.5. The summed E-state index contributed by atoms with van der Waals surface area (Å²) in [4.78, 5) is 23.4. The molecule has 2 aromatic rings. The van der Waals surface area contributed by atoms with Crippen LogP contribution in [-0.4, -0.2) is 18.5 Å². The average Bonchev–Trinajstić information content (AvgIpc) is 2.52. The van der Waals surface area contributed by atoms with Crippen molar-refractivity contribution in [2.45, 2.75) is 26.8 Å². The summed E-state index contributed by atoms with van der Waals surface area (Å²) < 4.78 is 5.00. The molecule has 120 valence electrons. The van der Waals surface area contributed by atoms with Gasteiger partial charge in [-0.1, -0.05) is 59.7 Å². The van der Waals surface area contributed by atoms with Crippen LogP contribution in [0.2, 0.25) is 0 Å². The summed E-state index contributed by atoms with van der Waals surface area (Å²) in [5, 5.41) is 2.73. The predicted octanol–water partition coefficient (Wildman–Crippen LogP) is 2.71. The van der Waals surface area contributed by atoms with Crippen molar-refractivity contribution in [3.8, 4) is 0 Å². The smallest absolute Gasteiger partial charge is 0.310 e. The molecule has 4 nitrogen and oxygen atoms in total. The highest BCUT2D eigenvalue weighted by molar-refractivity contribution is 5.81. The van der Waals surface area contributed by atoms with Gasteiger partial charge in [-0.3, -0.25) is 9.59 Å². The molecule has 1 N–H and O–H groups in total. The quantitative estimate of drug-likeness (QED) is 0.835. The predicted molar refractivity (Wildman–Crippen MR) is 88.9 cm³/mol. The maximum atomic E-state index is 11.7. The number of aryl methyl sites for hydroxylation is 2. The zero-order valence-corrected chi connectivity index (χ0v) is 13.5. The number of hydrogen-bond acceptors (Lipinski definition) is 3. The van der Waals surface area contributed by atoms with Crippen molar-refractivity contribution in [2.24, 2.45) is 0 Å². The SMILES string of the molecule is Cc1ccc(CNC(=O)COC(=O)Cc2cccc(C)c2)cc1. The number of carbonyl (C=O) groups is 2. The van der Waals surface area contributed by atoms with Gasteiger partial charge in [0, 0.05) is 6.54 Å². The zero-order valence-electron chi connectivity index (χ0n) is 13.5. The summed E-state index contributed by atoms with van der Waals surface area (Å²) in [6.45, 7) is 4.15. The Morgan fingerprint density at radius 3 is 2.39 bits per heavy atom. The Hall–Kier alpha value is -2.62. The summed E-state index contributed by atoms with van der Waals surface area (Å²) in [6, 6.07) is 15.6. The van der Waals surface area contributed by atoms with Gasteiger partial charge < -0.3 is 10.1 Å². The van der Waals surface area contributed by atoms with E-state index in [-0.39, 0.29) is 18.9 Å². The second kappa shape index (κ2) is 8.13. The van der Waals surface area contributed by atoms with Gasteiger partial charge in [0.15, 0.2) is 6.61 Å². The van der Waals surface area contributed by atoms with E-state index in [1.54, 1.807) is 0 Å². The minimum absolute atomic E-state index is 0.174. The van der Waals surface area contributed by atoms with Crippen molar-refractivity contribution in [2.75, 3.05) is 6.61 Å². The molecule has 2 rings (SSSR count). The first-order valence-electron chi connectivity index (χ1n) is 7.56. The summed E-state index contributed by atoms with van der Waals surface area (Å²) in [7, 11) is 0. The fraction of sp³-hybridized carbons (Fsp3) is 0.263. The second-order valence-electron chi connectivity index (χ2n) is 5.59. The largest absolute Gasteiger partial charge is 0.455 e. The maximum absolute atomic E-state index is 11.7. The van der Waals surface area contributed by atoms with E-state index in [2.05, 4.69) is 5.32 Å². The number of nitrogens with one attached hydrogen (secondary N) is 1. The molecule has 0 fully saturated rings. The summed E-state index contributed by atoms with van der Waals surface area (Å²) in [5.41, 5.74) is 4.15. The molecule has 23 heavy (non-hydrogen) atoms. The molecule has 0 aliphatic rings. The Morgan fingerprint density at radius 1 is 0.957 bits per heavy atom. The molecule has 0 aromatic heterocycles. The number of esters is 1. The van der Waals surface area contributed by atoms with Crippen LogP contribution < -0.4 is 5.32 Å². The lowest BCUT2D eigenvalue weighted by Gasteiger charge is -2.07. The van der Waals surface area contributed by atoms with Gasteiger partial charge >= 0.3 is 5.97 Å². The number of carbonyl (C=O) groups excluding carboxylic acids is 2. The number of rotatable bonds is 6. The third kappa shape index (κ3) is 5.94. The number of benzene rings is 2. The van der Waals surface area contributed by atoms with Gasteiger partial charge in [-0.15, -0.1) is 0 Å². The number of ether oxygens (including phenoxy) is 1. The highest BCUT2D eigenvalue weighted by Crippen LogP contribution is 2.05. The van der Waals surface area contributed by atoms with Gasteiger partial charge in [-0.25, -0.2) is 0 Å². The molecule has 0 unspecified atom stereocenters. The lowest BCUT2D eigenvalue weighted by Crippen LogP contribution is -2.28. The van der Waals surface area contributed by atoms with Crippen LogP contribution in [0.25, 0.3) is 0 Å². The van der Waals surface area contributed by atoms with Crippen LogP contribution in [0.1, 0.15) is 22.3 Å². The standard InChI is InChI=1S/C19H21NO3/c1-14-6-8-16(9-7-14)12-20-18(21)13-23-19(22)11-17-5-3-4-15(2)10-17/h3-10H,11-13H2,1-2H3,(H,20,21). The van der Waals surface area contributed by atoms with Crippen LogP contribution in [0.15, 0.2) is 48.5 Å². The Bertz CT molecular complexity index is 677. The number of hydrogen-bond donors (Lipinski definition) is 1. The molecule has 0 atom stereocenters. The van der Waals surface area contributed by atoms with Crippen molar-refractivity contribution < 1.29 is 14.3 Å². The van der Waals surface area contributed by atoms with Crippen LogP contribution in [0.4, 0.5) is 0 Å². The molecule has 2 aromatic carbocycles. The van der Waals surface area contributed by atoms with Gasteiger partial charge in [-0.05, 0) is 25.0 Å². The molecule has 0 bridgehead atoms. The van der Waals surface area contributed by atoms with E-state index in [4.69, 9.17) is 4.74 Å². The third-order valence-electron chi connectivity index (χ3n) is 3.41. The van der Waals surface area contributed by atoms with E-state index in [0.29, 0.717) is 6.54 Å². The minimum Gasteiger partial charge on any atom is -0.455 e. The van der Waals surface area contributed by atoms with Crippen molar-refractivity contribution in [1.82, 2.24) is 5.32 Å². The Labute approximate surface area is 136 Å². The molecule has 0 aliphatic heterocycles. The van der Waals surface area contributed by atoms with Gasteiger partial charge in [0.2, 0.25) is 0 Å². The van der Waals surface area contributed by atoms with Crippen LogP contribution in [0, 0.1) is 13.8 Å². The van der Waals surface area contributed by atoms with Crippen LogP contribution in [-0.2, 0) is 27.3 Å².